The predicted molar refractivity (Wildman–Crippen MR) is 84.4 cm³/mol. The Hall–Kier alpha value is -1.44. The van der Waals surface area contributed by atoms with Gasteiger partial charge in [-0.25, -0.2) is 8.42 Å². The molecule has 0 aromatic heterocycles. The summed E-state index contributed by atoms with van der Waals surface area (Å²) in [5, 5.41) is 8.56. The number of piperazine rings is 1. The molecule has 1 N–H and O–H groups in total. The highest BCUT2D eigenvalue weighted by atomic mass is 32.2. The van der Waals surface area contributed by atoms with Crippen molar-refractivity contribution in [1.29, 1.82) is 0 Å². The van der Waals surface area contributed by atoms with E-state index in [1.807, 2.05) is 18.2 Å². The molecule has 0 unspecified atom stereocenters. The molecule has 0 bridgehead atoms. The monoisotopic (exact) mass is 326 g/mol. The van der Waals surface area contributed by atoms with E-state index in [0.29, 0.717) is 6.54 Å². The molecule has 1 aliphatic heterocycles. The van der Waals surface area contributed by atoms with E-state index >= 15 is 0 Å². The first-order valence-electron chi connectivity index (χ1n) is 7.35. The molecule has 22 heavy (non-hydrogen) atoms. The van der Waals surface area contributed by atoms with Gasteiger partial charge in [-0.3, -0.25) is 14.6 Å². The molecule has 0 amide bonds. The minimum Gasteiger partial charge on any atom is -0.480 e. The Kier molecular flexibility index (Phi) is 5.93. The number of aliphatic carboxylic acids is 1. The topological polar surface area (TPSA) is 77.9 Å². The maximum atomic E-state index is 11.6. The van der Waals surface area contributed by atoms with Crippen LogP contribution in [0.1, 0.15) is 5.56 Å². The second-order valence-electron chi connectivity index (χ2n) is 5.59. The van der Waals surface area contributed by atoms with Gasteiger partial charge in [0.25, 0.3) is 0 Å². The molecule has 0 atom stereocenters. The van der Waals surface area contributed by atoms with Gasteiger partial charge in [0.15, 0.2) is 9.84 Å². The number of sulfone groups is 1. The summed E-state index contributed by atoms with van der Waals surface area (Å²) in [7, 11) is -3.50. The lowest BCUT2D eigenvalue weighted by molar-refractivity contribution is -0.134. The second kappa shape index (κ2) is 7.71. The smallest absolute Gasteiger partial charge is 0.318 e. The van der Waals surface area contributed by atoms with Crippen molar-refractivity contribution in [3.63, 3.8) is 0 Å². The van der Waals surface area contributed by atoms with E-state index in [1.165, 1.54) is 5.56 Å². The number of carboxylic acid groups (broad SMARTS) is 1. The molecule has 0 radical (unpaired) electrons. The van der Waals surface area contributed by atoms with E-state index in [1.54, 1.807) is 0 Å². The molecule has 6 nitrogen and oxygen atoms in total. The SMILES string of the molecule is O=C(O)CS(=O)(=O)CCN1CCN(Cc2ccccc2)CC1. The molecule has 0 saturated carbocycles. The first-order chi connectivity index (χ1) is 10.4. The van der Waals surface area contributed by atoms with E-state index in [2.05, 4.69) is 21.9 Å². The first kappa shape index (κ1) is 16.9. The molecule has 7 heteroatoms. The number of nitrogens with zero attached hydrogens (tertiary/aromatic N) is 2. The Morgan fingerprint density at radius 1 is 1.05 bits per heavy atom. The fraction of sp³-hybridized carbons (Fsp3) is 0.533. The summed E-state index contributed by atoms with van der Waals surface area (Å²) in [6, 6.07) is 10.3. The predicted octanol–water partition coefficient (Wildman–Crippen LogP) is 0.304. The van der Waals surface area contributed by atoms with Crippen LogP contribution >= 0.6 is 0 Å². The third-order valence-corrected chi connectivity index (χ3v) is 5.27. The Labute approximate surface area is 131 Å². The molecular weight excluding hydrogens is 304 g/mol. The van der Waals surface area contributed by atoms with Crippen molar-refractivity contribution in [3.05, 3.63) is 35.9 Å². The van der Waals surface area contributed by atoms with Crippen LogP contribution in [-0.4, -0.2) is 73.5 Å². The summed E-state index contributed by atoms with van der Waals surface area (Å²) >= 11 is 0. The number of hydrogen-bond acceptors (Lipinski definition) is 5. The van der Waals surface area contributed by atoms with Crippen LogP contribution in [0.2, 0.25) is 0 Å². The van der Waals surface area contributed by atoms with E-state index < -0.39 is 21.6 Å². The highest BCUT2D eigenvalue weighted by Gasteiger charge is 2.21. The maximum Gasteiger partial charge on any atom is 0.318 e. The lowest BCUT2D eigenvalue weighted by Gasteiger charge is -2.34. The molecule has 122 valence electrons. The largest absolute Gasteiger partial charge is 0.480 e. The molecule has 2 rings (SSSR count). The quantitative estimate of drug-likeness (QED) is 0.777. The van der Waals surface area contributed by atoms with Gasteiger partial charge in [0.05, 0.1) is 5.75 Å². The van der Waals surface area contributed by atoms with Gasteiger partial charge in [0, 0.05) is 39.3 Å². The van der Waals surface area contributed by atoms with Crippen LogP contribution in [0.15, 0.2) is 30.3 Å². The lowest BCUT2D eigenvalue weighted by Crippen LogP contribution is -2.47. The van der Waals surface area contributed by atoms with Crippen molar-refractivity contribution in [1.82, 2.24) is 9.80 Å². The Balaban J connectivity index is 1.72. The van der Waals surface area contributed by atoms with Gasteiger partial charge in [-0.05, 0) is 5.56 Å². The average molecular weight is 326 g/mol. The summed E-state index contributed by atoms with van der Waals surface area (Å²) in [5.41, 5.74) is 1.28. The van der Waals surface area contributed by atoms with Gasteiger partial charge in [-0.2, -0.15) is 0 Å². The van der Waals surface area contributed by atoms with Gasteiger partial charge < -0.3 is 5.11 Å². The third kappa shape index (κ3) is 5.75. The van der Waals surface area contributed by atoms with Gasteiger partial charge in [0.2, 0.25) is 0 Å². The fourth-order valence-corrected chi connectivity index (χ4v) is 3.60. The molecule has 1 heterocycles. The summed E-state index contributed by atoms with van der Waals surface area (Å²) in [4.78, 5) is 14.9. The summed E-state index contributed by atoms with van der Waals surface area (Å²) in [5.74, 6) is -2.15. The highest BCUT2D eigenvalue weighted by molar-refractivity contribution is 7.92. The minimum absolute atomic E-state index is 0.0853. The molecule has 1 aromatic carbocycles. The zero-order valence-corrected chi connectivity index (χ0v) is 13.3. The average Bonchev–Trinajstić information content (AvgIpc) is 2.46. The van der Waals surface area contributed by atoms with E-state index in [9.17, 15) is 13.2 Å². The van der Waals surface area contributed by atoms with E-state index in [-0.39, 0.29) is 5.75 Å². The van der Waals surface area contributed by atoms with Crippen LogP contribution in [0.25, 0.3) is 0 Å². The molecule has 1 fully saturated rings. The fourth-order valence-electron chi connectivity index (χ4n) is 2.54. The Morgan fingerprint density at radius 2 is 1.64 bits per heavy atom. The van der Waals surface area contributed by atoms with Crippen LogP contribution in [0.3, 0.4) is 0 Å². The summed E-state index contributed by atoms with van der Waals surface area (Å²) in [6.07, 6.45) is 0. The summed E-state index contributed by atoms with van der Waals surface area (Å²) in [6.45, 7) is 4.74. The molecule has 1 aromatic rings. The van der Waals surface area contributed by atoms with Crippen molar-refractivity contribution >= 4 is 15.8 Å². The summed E-state index contributed by atoms with van der Waals surface area (Å²) < 4.78 is 23.1. The van der Waals surface area contributed by atoms with Gasteiger partial charge in [-0.1, -0.05) is 30.3 Å². The van der Waals surface area contributed by atoms with Crippen LogP contribution < -0.4 is 0 Å². The molecular formula is C15H22N2O4S. The van der Waals surface area contributed by atoms with Crippen molar-refractivity contribution in [3.8, 4) is 0 Å². The Bertz CT molecular complexity index is 581. The maximum absolute atomic E-state index is 11.6. The molecule has 0 aliphatic carbocycles. The van der Waals surface area contributed by atoms with Crippen molar-refractivity contribution in [2.24, 2.45) is 0 Å². The number of benzene rings is 1. The van der Waals surface area contributed by atoms with Crippen LogP contribution in [0.4, 0.5) is 0 Å². The Morgan fingerprint density at radius 3 is 2.23 bits per heavy atom. The normalized spacial score (nSPS) is 17.5. The zero-order chi connectivity index (χ0) is 16.0. The van der Waals surface area contributed by atoms with Gasteiger partial charge >= 0.3 is 5.97 Å². The van der Waals surface area contributed by atoms with Crippen LogP contribution in [0, 0.1) is 0 Å². The van der Waals surface area contributed by atoms with Crippen molar-refractivity contribution in [2.45, 2.75) is 6.54 Å². The number of carboxylic acids is 1. The second-order valence-corrected chi connectivity index (χ2v) is 7.77. The van der Waals surface area contributed by atoms with Crippen molar-refractivity contribution in [2.75, 3.05) is 44.2 Å². The minimum atomic E-state index is -3.50. The molecule has 1 saturated heterocycles. The number of rotatable bonds is 7. The molecule has 1 aliphatic rings. The molecule has 0 spiro atoms. The van der Waals surface area contributed by atoms with Gasteiger partial charge in [-0.15, -0.1) is 0 Å². The van der Waals surface area contributed by atoms with Crippen LogP contribution in [0.5, 0.6) is 0 Å². The number of hydrogen-bond donors (Lipinski definition) is 1. The lowest BCUT2D eigenvalue weighted by atomic mass is 10.2. The standard InChI is InChI=1S/C15H22N2O4S/c18-15(19)13-22(20,21)11-10-16-6-8-17(9-7-16)12-14-4-2-1-3-5-14/h1-5H,6-13H2,(H,18,19). The third-order valence-electron chi connectivity index (χ3n) is 3.78. The zero-order valence-electron chi connectivity index (χ0n) is 12.5. The van der Waals surface area contributed by atoms with Crippen molar-refractivity contribution < 1.29 is 18.3 Å². The first-order valence-corrected chi connectivity index (χ1v) is 9.17. The van der Waals surface area contributed by atoms with E-state index in [0.717, 1.165) is 32.7 Å². The van der Waals surface area contributed by atoms with E-state index in [4.69, 9.17) is 5.11 Å². The van der Waals surface area contributed by atoms with Crippen LogP contribution in [-0.2, 0) is 21.2 Å². The highest BCUT2D eigenvalue weighted by Crippen LogP contribution is 2.08. The number of carbonyl (C=O) groups is 1. The van der Waals surface area contributed by atoms with Gasteiger partial charge in [0.1, 0.15) is 5.75 Å².